The molecule has 0 aromatic heterocycles. The molecule has 2 heteroatoms. The van der Waals surface area contributed by atoms with E-state index in [2.05, 4.69) is 19.1 Å². The Bertz CT molecular complexity index is 320. The zero-order valence-electron chi connectivity index (χ0n) is 8.08. The first-order valence-electron chi connectivity index (χ1n) is 4.68. The number of benzene rings is 1. The average Bonchev–Trinajstić information content (AvgIpc) is 2.46. The Balaban J connectivity index is 2.25. The highest BCUT2D eigenvalue weighted by atomic mass is 16.5. The lowest BCUT2D eigenvalue weighted by Crippen LogP contribution is -2.34. The summed E-state index contributed by atoms with van der Waals surface area (Å²) in [5.41, 5.74) is 8.37. The van der Waals surface area contributed by atoms with E-state index in [1.165, 1.54) is 11.1 Å². The molecule has 1 aliphatic heterocycles. The first-order valence-corrected chi connectivity index (χ1v) is 4.68. The first kappa shape index (κ1) is 8.57. The van der Waals surface area contributed by atoms with Crippen LogP contribution >= 0.6 is 0 Å². The van der Waals surface area contributed by atoms with E-state index >= 15 is 0 Å². The molecule has 2 atom stereocenters. The monoisotopic (exact) mass is 177 g/mol. The molecule has 2 N–H and O–H groups in total. The molecule has 70 valence electrons. The molecule has 1 aliphatic rings. The minimum absolute atomic E-state index is 0.104. The molecule has 2 unspecified atom stereocenters. The molecule has 0 saturated heterocycles. The van der Waals surface area contributed by atoms with Crippen molar-refractivity contribution >= 4 is 0 Å². The first-order chi connectivity index (χ1) is 6.16. The van der Waals surface area contributed by atoms with Crippen molar-refractivity contribution < 1.29 is 4.74 Å². The molecule has 1 aromatic carbocycles. The summed E-state index contributed by atoms with van der Waals surface area (Å²) in [6, 6.07) is 6.39. The summed E-state index contributed by atoms with van der Waals surface area (Å²) in [5.74, 6) is 1.01. The summed E-state index contributed by atoms with van der Waals surface area (Å²) in [7, 11) is 0. The van der Waals surface area contributed by atoms with Gasteiger partial charge < -0.3 is 10.5 Å². The van der Waals surface area contributed by atoms with Crippen molar-refractivity contribution in [2.45, 2.75) is 32.4 Å². The van der Waals surface area contributed by atoms with Gasteiger partial charge in [-0.05, 0) is 25.5 Å². The van der Waals surface area contributed by atoms with Crippen molar-refractivity contribution in [2.24, 2.45) is 5.73 Å². The minimum atomic E-state index is 0.104. The van der Waals surface area contributed by atoms with Crippen LogP contribution in [-0.2, 0) is 6.42 Å². The molecule has 1 heterocycles. The number of hydrogen-bond donors (Lipinski definition) is 1. The molecule has 2 rings (SSSR count). The number of rotatable bonds is 1. The maximum atomic E-state index is 5.79. The van der Waals surface area contributed by atoms with Gasteiger partial charge in [0.15, 0.2) is 0 Å². The van der Waals surface area contributed by atoms with Crippen LogP contribution in [0.15, 0.2) is 18.2 Å². The normalized spacial score (nSPS) is 22.2. The molecule has 1 aromatic rings. The van der Waals surface area contributed by atoms with Crippen LogP contribution in [0.4, 0.5) is 0 Å². The molecule has 0 fully saturated rings. The van der Waals surface area contributed by atoms with Crippen LogP contribution in [0.25, 0.3) is 0 Å². The summed E-state index contributed by atoms with van der Waals surface area (Å²) < 4.78 is 5.70. The van der Waals surface area contributed by atoms with Crippen LogP contribution in [0.1, 0.15) is 18.1 Å². The lowest BCUT2D eigenvalue weighted by molar-refractivity contribution is 0.206. The second-order valence-corrected chi connectivity index (χ2v) is 3.83. The van der Waals surface area contributed by atoms with E-state index in [1.807, 2.05) is 13.0 Å². The van der Waals surface area contributed by atoms with Gasteiger partial charge in [0.05, 0.1) is 0 Å². The van der Waals surface area contributed by atoms with Gasteiger partial charge >= 0.3 is 0 Å². The van der Waals surface area contributed by atoms with Gasteiger partial charge in [-0.25, -0.2) is 0 Å². The Morgan fingerprint density at radius 1 is 1.54 bits per heavy atom. The maximum Gasteiger partial charge on any atom is 0.123 e. The van der Waals surface area contributed by atoms with Gasteiger partial charge in [0.25, 0.3) is 0 Å². The van der Waals surface area contributed by atoms with Gasteiger partial charge in [-0.15, -0.1) is 0 Å². The number of fused-ring (bicyclic) bond motifs is 1. The fourth-order valence-corrected chi connectivity index (χ4v) is 1.70. The van der Waals surface area contributed by atoms with Crippen LogP contribution in [0.3, 0.4) is 0 Å². The second kappa shape index (κ2) is 3.04. The van der Waals surface area contributed by atoms with Gasteiger partial charge in [-0.2, -0.15) is 0 Å². The summed E-state index contributed by atoms with van der Waals surface area (Å²) >= 11 is 0. The van der Waals surface area contributed by atoms with Gasteiger partial charge in [0, 0.05) is 12.5 Å². The van der Waals surface area contributed by atoms with Crippen molar-refractivity contribution in [2.75, 3.05) is 0 Å². The third kappa shape index (κ3) is 1.54. The molecular formula is C11H15NO. The van der Waals surface area contributed by atoms with Gasteiger partial charge in [-0.1, -0.05) is 17.7 Å². The standard InChI is InChI=1S/C11H15NO/c1-7-3-4-10-9(5-7)6-11(13-10)8(2)12/h3-5,8,11H,6,12H2,1-2H3. The largest absolute Gasteiger partial charge is 0.488 e. The fourth-order valence-electron chi connectivity index (χ4n) is 1.70. The number of ether oxygens (including phenoxy) is 1. The van der Waals surface area contributed by atoms with Crippen LogP contribution in [0.5, 0.6) is 5.75 Å². The molecule has 13 heavy (non-hydrogen) atoms. The highest BCUT2D eigenvalue weighted by molar-refractivity contribution is 5.40. The lowest BCUT2D eigenvalue weighted by Gasteiger charge is -2.13. The average molecular weight is 177 g/mol. The van der Waals surface area contributed by atoms with Crippen LogP contribution < -0.4 is 10.5 Å². The SMILES string of the molecule is Cc1ccc2c(c1)CC(C(C)N)O2. The summed E-state index contributed by atoms with van der Waals surface area (Å²) in [6.45, 7) is 4.09. The van der Waals surface area contributed by atoms with Crippen molar-refractivity contribution in [1.82, 2.24) is 0 Å². The smallest absolute Gasteiger partial charge is 0.123 e. The van der Waals surface area contributed by atoms with Crippen molar-refractivity contribution in [1.29, 1.82) is 0 Å². The van der Waals surface area contributed by atoms with Crippen LogP contribution in [0, 0.1) is 6.92 Å². The molecule has 0 spiro atoms. The number of aryl methyl sites for hydroxylation is 1. The molecule has 0 saturated carbocycles. The molecule has 0 aliphatic carbocycles. The summed E-state index contributed by atoms with van der Waals surface area (Å²) in [4.78, 5) is 0. The lowest BCUT2D eigenvalue weighted by atomic mass is 10.0. The van der Waals surface area contributed by atoms with Crippen molar-refractivity contribution in [3.8, 4) is 5.75 Å². The van der Waals surface area contributed by atoms with E-state index in [-0.39, 0.29) is 12.1 Å². The van der Waals surface area contributed by atoms with E-state index < -0.39 is 0 Å². The third-order valence-corrected chi connectivity index (χ3v) is 2.50. The van der Waals surface area contributed by atoms with Crippen LogP contribution in [0.2, 0.25) is 0 Å². The molecule has 0 bridgehead atoms. The van der Waals surface area contributed by atoms with E-state index in [9.17, 15) is 0 Å². The van der Waals surface area contributed by atoms with E-state index in [4.69, 9.17) is 10.5 Å². The van der Waals surface area contributed by atoms with Crippen molar-refractivity contribution in [3.05, 3.63) is 29.3 Å². The number of hydrogen-bond acceptors (Lipinski definition) is 2. The Kier molecular flexibility index (Phi) is 2.00. The van der Waals surface area contributed by atoms with E-state index in [0.717, 1.165) is 12.2 Å². The quantitative estimate of drug-likeness (QED) is 0.707. The highest BCUT2D eigenvalue weighted by Gasteiger charge is 2.25. The Morgan fingerprint density at radius 2 is 2.31 bits per heavy atom. The molecule has 0 amide bonds. The Labute approximate surface area is 78.7 Å². The summed E-state index contributed by atoms with van der Waals surface area (Å²) in [6.07, 6.45) is 1.12. The molecular weight excluding hydrogens is 162 g/mol. The summed E-state index contributed by atoms with van der Waals surface area (Å²) in [5, 5.41) is 0. The predicted octanol–water partition coefficient (Wildman–Crippen LogP) is 1.65. The van der Waals surface area contributed by atoms with E-state index in [0.29, 0.717) is 0 Å². The maximum absolute atomic E-state index is 5.79. The molecule has 2 nitrogen and oxygen atoms in total. The Morgan fingerprint density at radius 3 is 3.00 bits per heavy atom. The van der Waals surface area contributed by atoms with Gasteiger partial charge in [0.1, 0.15) is 11.9 Å². The third-order valence-electron chi connectivity index (χ3n) is 2.50. The molecule has 0 radical (unpaired) electrons. The second-order valence-electron chi connectivity index (χ2n) is 3.83. The zero-order valence-corrected chi connectivity index (χ0v) is 8.08. The van der Waals surface area contributed by atoms with Crippen molar-refractivity contribution in [3.63, 3.8) is 0 Å². The van der Waals surface area contributed by atoms with Gasteiger partial charge in [-0.3, -0.25) is 0 Å². The highest BCUT2D eigenvalue weighted by Crippen LogP contribution is 2.30. The van der Waals surface area contributed by atoms with E-state index in [1.54, 1.807) is 0 Å². The van der Waals surface area contributed by atoms with Gasteiger partial charge in [0.2, 0.25) is 0 Å². The zero-order chi connectivity index (χ0) is 9.42. The minimum Gasteiger partial charge on any atom is -0.488 e. The Hall–Kier alpha value is -1.02. The van der Waals surface area contributed by atoms with Crippen LogP contribution in [-0.4, -0.2) is 12.1 Å². The number of nitrogens with two attached hydrogens (primary N) is 1. The fraction of sp³-hybridized carbons (Fsp3) is 0.455. The predicted molar refractivity (Wildman–Crippen MR) is 52.9 cm³/mol. The topological polar surface area (TPSA) is 35.2 Å².